The smallest absolute Gasteiger partial charge is 0.0777 e. The van der Waals surface area contributed by atoms with Gasteiger partial charge in [0, 0.05) is 26.2 Å². The Labute approximate surface area is 125 Å². The minimum absolute atomic E-state index is 0.0670. The number of methoxy groups -OCH3 is 1. The molecule has 0 aromatic carbocycles. The molecule has 3 unspecified atom stereocenters. The molecule has 1 heterocycles. The first-order valence-electron chi connectivity index (χ1n) is 8.32. The molecule has 0 aromatic rings. The number of likely N-dealkylation sites (tertiary alicyclic amines) is 1. The van der Waals surface area contributed by atoms with Crippen molar-refractivity contribution in [1.82, 2.24) is 10.2 Å². The van der Waals surface area contributed by atoms with Crippen LogP contribution in [-0.2, 0) is 4.74 Å². The summed E-state index contributed by atoms with van der Waals surface area (Å²) < 4.78 is 5.73. The monoisotopic (exact) mass is 282 g/mol. The first-order chi connectivity index (χ1) is 9.37. The SMILES string of the molecule is CNC1CCC(C)(C)CC1CN1CCCC(C)(OC)C1. The van der Waals surface area contributed by atoms with Gasteiger partial charge in [0.25, 0.3) is 0 Å². The zero-order valence-electron chi connectivity index (χ0n) is 14.2. The Morgan fingerprint density at radius 1 is 1.25 bits per heavy atom. The van der Waals surface area contributed by atoms with Crippen LogP contribution in [0.3, 0.4) is 0 Å². The lowest BCUT2D eigenvalue weighted by Gasteiger charge is -2.45. The topological polar surface area (TPSA) is 24.5 Å². The maximum Gasteiger partial charge on any atom is 0.0777 e. The Morgan fingerprint density at radius 3 is 2.65 bits per heavy atom. The molecule has 1 saturated carbocycles. The fourth-order valence-corrected chi connectivity index (χ4v) is 4.27. The number of rotatable bonds is 4. The van der Waals surface area contributed by atoms with Gasteiger partial charge < -0.3 is 15.0 Å². The highest BCUT2D eigenvalue weighted by Crippen LogP contribution is 2.39. The van der Waals surface area contributed by atoms with E-state index in [9.17, 15) is 0 Å². The Hall–Kier alpha value is -0.120. The number of hydrogen-bond donors (Lipinski definition) is 1. The fourth-order valence-electron chi connectivity index (χ4n) is 4.27. The van der Waals surface area contributed by atoms with Crippen molar-refractivity contribution in [3.05, 3.63) is 0 Å². The summed E-state index contributed by atoms with van der Waals surface area (Å²) in [6.07, 6.45) is 6.49. The van der Waals surface area contributed by atoms with E-state index in [2.05, 4.69) is 38.0 Å². The summed E-state index contributed by atoms with van der Waals surface area (Å²) in [5.41, 5.74) is 0.579. The molecule has 20 heavy (non-hydrogen) atoms. The van der Waals surface area contributed by atoms with Gasteiger partial charge in [0.2, 0.25) is 0 Å². The maximum absolute atomic E-state index is 5.73. The molecule has 1 aliphatic heterocycles. The van der Waals surface area contributed by atoms with Gasteiger partial charge in [-0.05, 0) is 64.0 Å². The number of piperidine rings is 1. The molecule has 0 spiro atoms. The van der Waals surface area contributed by atoms with Crippen molar-refractivity contribution in [1.29, 1.82) is 0 Å². The Balaban J connectivity index is 1.96. The molecule has 2 aliphatic rings. The third-order valence-corrected chi connectivity index (χ3v) is 5.61. The van der Waals surface area contributed by atoms with E-state index in [0.29, 0.717) is 11.5 Å². The molecule has 0 bridgehead atoms. The van der Waals surface area contributed by atoms with Gasteiger partial charge in [0.05, 0.1) is 5.60 Å². The van der Waals surface area contributed by atoms with Gasteiger partial charge in [0.1, 0.15) is 0 Å². The molecule has 1 N–H and O–H groups in total. The van der Waals surface area contributed by atoms with Crippen LogP contribution in [0.15, 0.2) is 0 Å². The van der Waals surface area contributed by atoms with E-state index < -0.39 is 0 Å². The molecule has 3 atom stereocenters. The average molecular weight is 282 g/mol. The van der Waals surface area contributed by atoms with Crippen LogP contribution in [0.25, 0.3) is 0 Å². The third-order valence-electron chi connectivity index (χ3n) is 5.61. The second-order valence-corrected chi connectivity index (χ2v) is 8.05. The minimum Gasteiger partial charge on any atom is -0.377 e. The van der Waals surface area contributed by atoms with Gasteiger partial charge in [-0.3, -0.25) is 0 Å². The summed E-state index contributed by atoms with van der Waals surface area (Å²) >= 11 is 0. The molecule has 3 heteroatoms. The zero-order valence-corrected chi connectivity index (χ0v) is 14.2. The van der Waals surface area contributed by atoms with Crippen molar-refractivity contribution in [3.63, 3.8) is 0 Å². The Bertz CT molecular complexity index is 318. The van der Waals surface area contributed by atoms with Gasteiger partial charge in [-0.2, -0.15) is 0 Å². The number of ether oxygens (including phenoxy) is 1. The molecular weight excluding hydrogens is 248 g/mol. The minimum atomic E-state index is 0.0670. The average Bonchev–Trinajstić information content (AvgIpc) is 2.38. The molecule has 118 valence electrons. The lowest BCUT2D eigenvalue weighted by Crippen LogP contribution is -2.52. The quantitative estimate of drug-likeness (QED) is 0.858. The van der Waals surface area contributed by atoms with Crippen LogP contribution in [0.1, 0.15) is 52.9 Å². The predicted molar refractivity (Wildman–Crippen MR) is 85.1 cm³/mol. The Morgan fingerprint density at radius 2 is 2.00 bits per heavy atom. The molecule has 2 rings (SSSR count). The standard InChI is InChI=1S/C17H34N2O/c1-16(2)9-7-15(18-4)14(11-16)12-19-10-6-8-17(3,13-19)20-5/h14-15,18H,6-13H2,1-5H3. The summed E-state index contributed by atoms with van der Waals surface area (Å²) in [4.78, 5) is 2.64. The van der Waals surface area contributed by atoms with E-state index in [1.165, 1.54) is 45.2 Å². The van der Waals surface area contributed by atoms with Crippen LogP contribution in [0.2, 0.25) is 0 Å². The summed E-state index contributed by atoms with van der Waals surface area (Å²) in [5.74, 6) is 0.781. The van der Waals surface area contributed by atoms with E-state index >= 15 is 0 Å². The zero-order chi connectivity index (χ0) is 14.8. The second-order valence-electron chi connectivity index (χ2n) is 8.05. The van der Waals surface area contributed by atoms with Crippen LogP contribution in [-0.4, -0.2) is 50.3 Å². The van der Waals surface area contributed by atoms with Crippen molar-refractivity contribution < 1.29 is 4.74 Å². The first-order valence-corrected chi connectivity index (χ1v) is 8.32. The first kappa shape index (κ1) is 16.3. The van der Waals surface area contributed by atoms with Crippen LogP contribution < -0.4 is 5.32 Å². The summed E-state index contributed by atoms with van der Waals surface area (Å²) in [6.45, 7) is 10.7. The van der Waals surface area contributed by atoms with Gasteiger partial charge in [-0.25, -0.2) is 0 Å². The van der Waals surface area contributed by atoms with Crippen molar-refractivity contribution in [2.45, 2.75) is 64.5 Å². The van der Waals surface area contributed by atoms with Crippen molar-refractivity contribution in [2.75, 3.05) is 33.8 Å². The molecule has 3 nitrogen and oxygen atoms in total. The van der Waals surface area contributed by atoms with Crippen LogP contribution in [0.4, 0.5) is 0 Å². The van der Waals surface area contributed by atoms with E-state index in [1.54, 1.807) is 0 Å². The lowest BCUT2D eigenvalue weighted by atomic mass is 9.69. The van der Waals surface area contributed by atoms with Crippen LogP contribution in [0, 0.1) is 11.3 Å². The maximum atomic E-state index is 5.73. The van der Waals surface area contributed by atoms with Crippen molar-refractivity contribution >= 4 is 0 Å². The van der Waals surface area contributed by atoms with Crippen molar-refractivity contribution in [3.8, 4) is 0 Å². The highest BCUT2D eigenvalue weighted by atomic mass is 16.5. The lowest BCUT2D eigenvalue weighted by molar-refractivity contribution is -0.0575. The molecular formula is C17H34N2O. The molecule has 2 fully saturated rings. The number of nitrogens with zero attached hydrogens (tertiary/aromatic N) is 1. The number of hydrogen-bond acceptors (Lipinski definition) is 3. The van der Waals surface area contributed by atoms with Gasteiger partial charge in [-0.1, -0.05) is 13.8 Å². The highest BCUT2D eigenvalue weighted by molar-refractivity contribution is 4.92. The van der Waals surface area contributed by atoms with Crippen LogP contribution >= 0.6 is 0 Å². The molecule has 0 amide bonds. The molecule has 1 saturated heterocycles. The Kier molecular flexibility index (Phi) is 5.14. The molecule has 0 radical (unpaired) electrons. The third kappa shape index (κ3) is 3.96. The van der Waals surface area contributed by atoms with E-state index in [0.717, 1.165) is 12.5 Å². The fraction of sp³-hybridized carbons (Fsp3) is 1.00. The van der Waals surface area contributed by atoms with Crippen molar-refractivity contribution in [2.24, 2.45) is 11.3 Å². The van der Waals surface area contributed by atoms with E-state index in [-0.39, 0.29) is 5.60 Å². The predicted octanol–water partition coefficient (Wildman–Crippen LogP) is 2.90. The van der Waals surface area contributed by atoms with Crippen LogP contribution in [0.5, 0.6) is 0 Å². The second kappa shape index (κ2) is 6.33. The number of nitrogens with one attached hydrogen (secondary N) is 1. The van der Waals surface area contributed by atoms with Gasteiger partial charge in [0.15, 0.2) is 0 Å². The van der Waals surface area contributed by atoms with E-state index in [1.807, 2.05) is 7.11 Å². The molecule has 1 aliphatic carbocycles. The summed E-state index contributed by atoms with van der Waals surface area (Å²) in [6, 6.07) is 0.693. The normalized spacial score (nSPS) is 38.9. The van der Waals surface area contributed by atoms with E-state index in [4.69, 9.17) is 4.74 Å². The largest absolute Gasteiger partial charge is 0.377 e. The summed E-state index contributed by atoms with van der Waals surface area (Å²) in [7, 11) is 4.00. The van der Waals surface area contributed by atoms with Gasteiger partial charge >= 0.3 is 0 Å². The summed E-state index contributed by atoms with van der Waals surface area (Å²) in [5, 5.41) is 3.56. The van der Waals surface area contributed by atoms with Gasteiger partial charge in [-0.15, -0.1) is 0 Å². The molecule has 0 aromatic heterocycles. The highest BCUT2D eigenvalue weighted by Gasteiger charge is 2.37.